The zero-order valence-corrected chi connectivity index (χ0v) is 18.8. The molecule has 4 rings (SSSR count). The topological polar surface area (TPSA) is 123 Å². The van der Waals surface area contributed by atoms with Gasteiger partial charge in [0.1, 0.15) is 17.4 Å². The van der Waals surface area contributed by atoms with E-state index in [2.05, 4.69) is 9.88 Å². The van der Waals surface area contributed by atoms with E-state index in [0.29, 0.717) is 58.4 Å². The van der Waals surface area contributed by atoms with Crippen molar-refractivity contribution in [2.24, 2.45) is 0 Å². The van der Waals surface area contributed by atoms with E-state index < -0.39 is 16.1 Å². The molecule has 3 aliphatic heterocycles. The molecule has 12 nitrogen and oxygen atoms in total. The quantitative estimate of drug-likeness (QED) is 0.495. The van der Waals surface area contributed by atoms with Crippen LogP contribution >= 0.6 is 0 Å². The van der Waals surface area contributed by atoms with Crippen LogP contribution in [-0.4, -0.2) is 98.2 Å². The van der Waals surface area contributed by atoms with Gasteiger partial charge in [-0.1, -0.05) is 0 Å². The standard InChI is InChI=1S/C20H30N6O6/c1-19(2,3)32-18(28)24-10-8-23(9-11-24)16(27)13-22-6-4-20(5-7-22)14-25-12-15(26(29)30)21-17(25)31-20/h12H,4-11,13-14H2,1-3H3. The number of rotatable bonds is 3. The van der Waals surface area contributed by atoms with E-state index in [1.54, 1.807) is 14.4 Å². The highest BCUT2D eigenvalue weighted by Gasteiger charge is 2.46. The maximum atomic E-state index is 12.8. The molecule has 0 unspecified atom stereocenters. The average molecular weight is 450 g/mol. The summed E-state index contributed by atoms with van der Waals surface area (Å²) in [6.07, 6.45) is 2.53. The fourth-order valence-electron chi connectivity index (χ4n) is 4.34. The molecule has 1 spiro atoms. The van der Waals surface area contributed by atoms with Gasteiger partial charge < -0.3 is 29.4 Å². The number of hydrogen-bond acceptors (Lipinski definition) is 8. The Morgan fingerprint density at radius 1 is 1.16 bits per heavy atom. The first-order valence-electron chi connectivity index (χ1n) is 10.9. The minimum atomic E-state index is -0.536. The van der Waals surface area contributed by atoms with E-state index in [9.17, 15) is 19.7 Å². The summed E-state index contributed by atoms with van der Waals surface area (Å²) in [5, 5.41) is 10.9. The SMILES string of the molecule is CC(C)(C)OC(=O)N1CCN(C(=O)CN2CCC3(CC2)Cn2cc([N+](=O)[O-])nc2O3)CC1. The Bertz CT molecular complexity index is 867. The molecule has 0 atom stereocenters. The third kappa shape index (κ3) is 4.79. The molecule has 1 aromatic rings. The number of fused-ring (bicyclic) bond motifs is 1. The highest BCUT2D eigenvalue weighted by atomic mass is 16.6. The Balaban J connectivity index is 1.21. The van der Waals surface area contributed by atoms with Crippen LogP contribution < -0.4 is 4.74 Å². The van der Waals surface area contributed by atoms with Crippen LogP contribution in [0.25, 0.3) is 0 Å². The van der Waals surface area contributed by atoms with Crippen LogP contribution in [0.2, 0.25) is 0 Å². The van der Waals surface area contributed by atoms with E-state index in [4.69, 9.17) is 9.47 Å². The van der Waals surface area contributed by atoms with Gasteiger partial charge >= 0.3 is 17.9 Å². The minimum absolute atomic E-state index is 0.0562. The Kier molecular flexibility index (Phi) is 5.74. The van der Waals surface area contributed by atoms with Crippen LogP contribution in [0.1, 0.15) is 33.6 Å². The molecule has 2 amide bonds. The maximum Gasteiger partial charge on any atom is 0.415 e. The number of ether oxygens (including phenoxy) is 2. The second kappa shape index (κ2) is 8.23. The lowest BCUT2D eigenvalue weighted by molar-refractivity contribution is -0.389. The molecular weight excluding hydrogens is 420 g/mol. The van der Waals surface area contributed by atoms with Gasteiger partial charge in [-0.2, -0.15) is 0 Å². The third-order valence-electron chi connectivity index (χ3n) is 6.09. The van der Waals surface area contributed by atoms with Crippen molar-refractivity contribution in [3.63, 3.8) is 0 Å². The smallest absolute Gasteiger partial charge is 0.415 e. The summed E-state index contributed by atoms with van der Waals surface area (Å²) in [5.41, 5.74) is -0.942. The molecule has 176 valence electrons. The largest absolute Gasteiger partial charge is 0.444 e. The van der Waals surface area contributed by atoms with Crippen molar-refractivity contribution in [2.45, 2.75) is 51.4 Å². The fourth-order valence-corrected chi connectivity index (χ4v) is 4.34. The number of carbonyl (C=O) groups excluding carboxylic acids is 2. The summed E-state index contributed by atoms with van der Waals surface area (Å²) >= 11 is 0. The molecule has 4 heterocycles. The van der Waals surface area contributed by atoms with Gasteiger partial charge in [0.05, 0.1) is 13.1 Å². The summed E-state index contributed by atoms with van der Waals surface area (Å²) < 4.78 is 13.1. The first-order valence-corrected chi connectivity index (χ1v) is 10.9. The highest BCUT2D eigenvalue weighted by molar-refractivity contribution is 5.78. The van der Waals surface area contributed by atoms with Crippen molar-refractivity contribution in [1.29, 1.82) is 0 Å². The Hall–Kier alpha value is -2.89. The zero-order valence-electron chi connectivity index (χ0n) is 18.8. The number of nitro groups is 1. The molecule has 1 aromatic heterocycles. The summed E-state index contributed by atoms with van der Waals surface area (Å²) in [6.45, 7) is 9.72. The number of aromatic nitrogens is 2. The maximum absolute atomic E-state index is 12.8. The van der Waals surface area contributed by atoms with E-state index in [1.807, 2.05) is 20.8 Å². The van der Waals surface area contributed by atoms with E-state index >= 15 is 0 Å². The van der Waals surface area contributed by atoms with Gasteiger partial charge in [0.25, 0.3) is 0 Å². The van der Waals surface area contributed by atoms with Crippen LogP contribution in [-0.2, 0) is 16.1 Å². The number of amides is 2. The molecule has 0 bridgehead atoms. The second-order valence-corrected chi connectivity index (χ2v) is 9.68. The molecule has 0 aliphatic carbocycles. The lowest BCUT2D eigenvalue weighted by Crippen LogP contribution is -2.55. The van der Waals surface area contributed by atoms with Crippen molar-refractivity contribution in [1.82, 2.24) is 24.3 Å². The van der Waals surface area contributed by atoms with E-state index in [1.165, 1.54) is 6.20 Å². The van der Waals surface area contributed by atoms with Crippen molar-refractivity contribution in [2.75, 3.05) is 45.8 Å². The first kappa shape index (κ1) is 22.3. The molecule has 32 heavy (non-hydrogen) atoms. The lowest BCUT2D eigenvalue weighted by atomic mass is 9.91. The van der Waals surface area contributed by atoms with Crippen molar-refractivity contribution in [3.8, 4) is 6.01 Å². The van der Waals surface area contributed by atoms with Crippen LogP contribution in [0.4, 0.5) is 10.6 Å². The van der Waals surface area contributed by atoms with Gasteiger partial charge in [0, 0.05) is 57.1 Å². The molecular formula is C20H30N6O6. The van der Waals surface area contributed by atoms with Gasteiger partial charge in [-0.25, -0.2) is 4.79 Å². The van der Waals surface area contributed by atoms with Gasteiger partial charge in [0.15, 0.2) is 0 Å². The first-order chi connectivity index (χ1) is 15.0. The minimum Gasteiger partial charge on any atom is -0.444 e. The van der Waals surface area contributed by atoms with Crippen LogP contribution in [0.5, 0.6) is 6.01 Å². The number of imidazole rings is 1. The molecule has 0 aromatic carbocycles. The second-order valence-electron chi connectivity index (χ2n) is 9.68. The van der Waals surface area contributed by atoms with E-state index in [-0.39, 0.29) is 17.8 Å². The number of nitrogens with zero attached hydrogens (tertiary/aromatic N) is 6. The summed E-state index contributed by atoms with van der Waals surface area (Å²) in [5.74, 6) is -0.148. The van der Waals surface area contributed by atoms with Crippen molar-refractivity contribution >= 4 is 17.8 Å². The number of piperazine rings is 1. The monoisotopic (exact) mass is 450 g/mol. The summed E-state index contributed by atoms with van der Waals surface area (Å²) in [4.78, 5) is 44.8. The molecule has 2 saturated heterocycles. The molecule has 3 aliphatic rings. The predicted molar refractivity (Wildman–Crippen MR) is 112 cm³/mol. The Morgan fingerprint density at radius 3 is 2.34 bits per heavy atom. The summed E-state index contributed by atoms with van der Waals surface area (Å²) in [6, 6.07) is 0.295. The molecule has 0 saturated carbocycles. The lowest BCUT2D eigenvalue weighted by Gasteiger charge is -2.39. The van der Waals surface area contributed by atoms with Crippen LogP contribution in [0, 0.1) is 10.1 Å². The van der Waals surface area contributed by atoms with Gasteiger partial charge in [-0.3, -0.25) is 14.3 Å². The highest BCUT2D eigenvalue weighted by Crippen LogP contribution is 2.37. The van der Waals surface area contributed by atoms with Crippen LogP contribution in [0.3, 0.4) is 0 Å². The number of piperidine rings is 1. The number of carbonyl (C=O) groups is 2. The fraction of sp³-hybridized carbons (Fsp3) is 0.750. The third-order valence-corrected chi connectivity index (χ3v) is 6.09. The molecule has 12 heteroatoms. The van der Waals surface area contributed by atoms with Crippen molar-refractivity contribution in [3.05, 3.63) is 16.3 Å². The number of likely N-dealkylation sites (tertiary alicyclic amines) is 1. The molecule has 0 radical (unpaired) electrons. The van der Waals surface area contributed by atoms with E-state index in [0.717, 1.165) is 12.8 Å². The average Bonchev–Trinajstić information content (AvgIpc) is 3.25. The normalized spacial score (nSPS) is 20.7. The predicted octanol–water partition coefficient (Wildman–Crippen LogP) is 1.10. The van der Waals surface area contributed by atoms with Crippen molar-refractivity contribution < 1.29 is 24.0 Å². The molecule has 2 fully saturated rings. The Labute approximate surface area is 186 Å². The molecule has 0 N–H and O–H groups in total. The Morgan fingerprint density at radius 2 is 1.78 bits per heavy atom. The number of hydrogen-bond donors (Lipinski definition) is 0. The van der Waals surface area contributed by atoms with Gasteiger partial charge in [0.2, 0.25) is 5.91 Å². The zero-order chi connectivity index (χ0) is 23.1. The van der Waals surface area contributed by atoms with Gasteiger partial charge in [-0.05, 0) is 25.7 Å². The summed E-state index contributed by atoms with van der Waals surface area (Å²) in [7, 11) is 0. The van der Waals surface area contributed by atoms with Crippen LogP contribution in [0.15, 0.2) is 6.20 Å². The van der Waals surface area contributed by atoms with Gasteiger partial charge in [-0.15, -0.1) is 0 Å².